The van der Waals surface area contributed by atoms with Crippen molar-refractivity contribution in [3.05, 3.63) is 40.3 Å². The fourth-order valence-electron chi connectivity index (χ4n) is 2.05. The van der Waals surface area contributed by atoms with Crippen molar-refractivity contribution in [3.63, 3.8) is 0 Å². The van der Waals surface area contributed by atoms with Crippen molar-refractivity contribution in [1.29, 1.82) is 0 Å². The highest BCUT2D eigenvalue weighted by Crippen LogP contribution is 2.31. The summed E-state index contributed by atoms with van der Waals surface area (Å²) < 4.78 is 0.538. The smallest absolute Gasteiger partial charge is 0.263 e. The van der Waals surface area contributed by atoms with Gasteiger partial charge in [0, 0.05) is 0 Å². The van der Waals surface area contributed by atoms with E-state index in [1.807, 2.05) is 6.92 Å². The van der Waals surface area contributed by atoms with Crippen molar-refractivity contribution in [2.45, 2.75) is 27.2 Å². The van der Waals surface area contributed by atoms with E-state index in [0.29, 0.717) is 15.1 Å². The van der Waals surface area contributed by atoms with E-state index in [0.717, 1.165) is 17.6 Å². The summed E-state index contributed by atoms with van der Waals surface area (Å²) in [5.41, 5.74) is 3.39. The number of amides is 1. The van der Waals surface area contributed by atoms with Crippen LogP contribution in [-0.2, 0) is 11.2 Å². The SMILES string of the molecule is C/C(=C1/SC(=S)NC1=O)c1ccc(CC(C)C)cc1. The zero-order valence-corrected chi connectivity index (χ0v) is 13.0. The highest BCUT2D eigenvalue weighted by molar-refractivity contribution is 8.26. The summed E-state index contributed by atoms with van der Waals surface area (Å²) in [5, 5.41) is 2.65. The number of carbonyl (C=O) groups excluding carboxylic acids is 1. The first-order chi connectivity index (χ1) is 8.97. The number of hydrogen-bond acceptors (Lipinski definition) is 3. The molecule has 0 unspecified atom stereocenters. The molecule has 0 spiro atoms. The van der Waals surface area contributed by atoms with Crippen LogP contribution in [0.4, 0.5) is 0 Å². The minimum absolute atomic E-state index is 0.0845. The molecular weight excluding hydrogens is 274 g/mol. The van der Waals surface area contributed by atoms with E-state index >= 15 is 0 Å². The molecule has 19 heavy (non-hydrogen) atoms. The lowest BCUT2D eigenvalue weighted by atomic mass is 9.99. The Balaban J connectivity index is 2.25. The Morgan fingerprint density at radius 3 is 2.42 bits per heavy atom. The Labute approximate surface area is 123 Å². The second kappa shape index (κ2) is 5.88. The van der Waals surface area contributed by atoms with Crippen LogP contribution in [0.15, 0.2) is 29.2 Å². The molecule has 1 saturated heterocycles. The maximum atomic E-state index is 11.7. The zero-order valence-electron chi connectivity index (χ0n) is 11.3. The zero-order chi connectivity index (χ0) is 14.0. The van der Waals surface area contributed by atoms with Crippen LogP contribution in [0.2, 0.25) is 0 Å². The molecule has 2 rings (SSSR count). The van der Waals surface area contributed by atoms with Crippen LogP contribution in [0, 0.1) is 5.92 Å². The Kier molecular flexibility index (Phi) is 4.42. The van der Waals surface area contributed by atoms with Gasteiger partial charge in [-0.25, -0.2) is 0 Å². The monoisotopic (exact) mass is 291 g/mol. The van der Waals surface area contributed by atoms with Crippen LogP contribution >= 0.6 is 24.0 Å². The van der Waals surface area contributed by atoms with Crippen molar-refractivity contribution < 1.29 is 4.79 Å². The van der Waals surface area contributed by atoms with E-state index in [1.165, 1.54) is 17.3 Å². The molecule has 1 aliphatic heterocycles. The van der Waals surface area contributed by atoms with Gasteiger partial charge in [0.15, 0.2) is 0 Å². The molecule has 0 saturated carbocycles. The van der Waals surface area contributed by atoms with E-state index < -0.39 is 0 Å². The number of thiocarbonyl (C=S) groups is 1. The van der Waals surface area contributed by atoms with Crippen LogP contribution in [-0.4, -0.2) is 10.2 Å². The third-order valence-electron chi connectivity index (χ3n) is 2.99. The highest BCUT2D eigenvalue weighted by atomic mass is 32.2. The van der Waals surface area contributed by atoms with Gasteiger partial charge < -0.3 is 5.32 Å². The average Bonchev–Trinajstić information content (AvgIpc) is 2.68. The van der Waals surface area contributed by atoms with Crippen molar-refractivity contribution >= 4 is 39.8 Å². The quantitative estimate of drug-likeness (QED) is 0.679. The van der Waals surface area contributed by atoms with Gasteiger partial charge >= 0.3 is 0 Å². The summed E-state index contributed by atoms with van der Waals surface area (Å²) in [6.07, 6.45) is 1.08. The van der Waals surface area contributed by atoms with E-state index in [1.54, 1.807) is 0 Å². The molecule has 1 aromatic rings. The van der Waals surface area contributed by atoms with E-state index in [-0.39, 0.29) is 5.91 Å². The van der Waals surface area contributed by atoms with Crippen molar-refractivity contribution in [3.8, 4) is 0 Å². The lowest BCUT2D eigenvalue weighted by molar-refractivity contribution is -0.115. The van der Waals surface area contributed by atoms with Gasteiger partial charge in [-0.3, -0.25) is 4.79 Å². The van der Waals surface area contributed by atoms with Crippen molar-refractivity contribution in [1.82, 2.24) is 5.32 Å². The summed E-state index contributed by atoms with van der Waals surface area (Å²) in [6, 6.07) is 8.43. The first-order valence-electron chi connectivity index (χ1n) is 6.30. The lowest BCUT2D eigenvalue weighted by Crippen LogP contribution is -2.18. The summed E-state index contributed by atoms with van der Waals surface area (Å²) in [6.45, 7) is 6.39. The lowest BCUT2D eigenvalue weighted by Gasteiger charge is -2.08. The molecule has 0 aromatic heterocycles. The Hall–Kier alpha value is -1.13. The molecule has 1 N–H and O–H groups in total. The topological polar surface area (TPSA) is 29.1 Å². The first-order valence-corrected chi connectivity index (χ1v) is 7.53. The van der Waals surface area contributed by atoms with Crippen LogP contribution < -0.4 is 5.32 Å². The second-order valence-corrected chi connectivity index (χ2v) is 6.78. The van der Waals surface area contributed by atoms with Gasteiger partial charge in [0.05, 0.1) is 4.91 Å². The molecule has 1 fully saturated rings. The predicted molar refractivity (Wildman–Crippen MR) is 85.9 cm³/mol. The molecule has 1 aliphatic rings. The van der Waals surface area contributed by atoms with E-state index in [9.17, 15) is 4.79 Å². The molecule has 0 radical (unpaired) electrons. The molecule has 100 valence electrons. The fraction of sp³-hybridized carbons (Fsp3) is 0.333. The molecule has 0 atom stereocenters. The highest BCUT2D eigenvalue weighted by Gasteiger charge is 2.24. The van der Waals surface area contributed by atoms with Crippen LogP contribution in [0.25, 0.3) is 5.57 Å². The average molecular weight is 291 g/mol. The van der Waals surface area contributed by atoms with Gasteiger partial charge in [0.25, 0.3) is 5.91 Å². The summed E-state index contributed by atoms with van der Waals surface area (Å²) >= 11 is 6.35. The molecule has 1 heterocycles. The summed E-state index contributed by atoms with van der Waals surface area (Å²) in [5.74, 6) is 0.567. The molecule has 0 aliphatic carbocycles. The normalized spacial score (nSPS) is 17.9. The van der Waals surface area contributed by atoms with Crippen LogP contribution in [0.5, 0.6) is 0 Å². The molecule has 0 bridgehead atoms. The fourth-order valence-corrected chi connectivity index (χ4v) is 3.14. The summed E-state index contributed by atoms with van der Waals surface area (Å²) in [4.78, 5) is 12.4. The Morgan fingerprint density at radius 1 is 1.32 bits per heavy atom. The number of rotatable bonds is 3. The number of carbonyl (C=O) groups is 1. The largest absolute Gasteiger partial charge is 0.307 e. The van der Waals surface area contributed by atoms with Gasteiger partial charge in [-0.2, -0.15) is 0 Å². The maximum absolute atomic E-state index is 11.7. The van der Waals surface area contributed by atoms with Crippen molar-refractivity contribution in [2.75, 3.05) is 0 Å². The number of benzene rings is 1. The van der Waals surface area contributed by atoms with Gasteiger partial charge in [0.1, 0.15) is 4.32 Å². The second-order valence-electron chi connectivity index (χ2n) is 5.09. The van der Waals surface area contributed by atoms with E-state index in [4.69, 9.17) is 12.2 Å². The number of hydrogen-bond donors (Lipinski definition) is 1. The predicted octanol–water partition coefficient (Wildman–Crippen LogP) is 3.76. The molecule has 1 aromatic carbocycles. The van der Waals surface area contributed by atoms with Gasteiger partial charge in [-0.05, 0) is 36.0 Å². The molecule has 4 heteroatoms. The van der Waals surface area contributed by atoms with Crippen LogP contribution in [0.3, 0.4) is 0 Å². The van der Waals surface area contributed by atoms with Crippen molar-refractivity contribution in [2.24, 2.45) is 5.92 Å². The number of allylic oxidation sites excluding steroid dienone is 1. The van der Waals surface area contributed by atoms with Gasteiger partial charge in [0.2, 0.25) is 0 Å². The van der Waals surface area contributed by atoms with E-state index in [2.05, 4.69) is 43.4 Å². The third kappa shape index (κ3) is 3.45. The Bertz CT molecular complexity index is 544. The molecular formula is C15H17NOS2. The number of nitrogens with one attached hydrogen (secondary N) is 1. The maximum Gasteiger partial charge on any atom is 0.263 e. The minimum atomic E-state index is -0.0845. The molecule has 1 amide bonds. The Morgan fingerprint density at radius 2 is 1.95 bits per heavy atom. The first kappa shape index (κ1) is 14.3. The standard InChI is InChI=1S/C15H17NOS2/c1-9(2)8-11-4-6-12(7-5-11)10(3)13-14(17)16-15(18)19-13/h4-7,9H,8H2,1-3H3,(H,16,17,18)/b13-10-. The summed E-state index contributed by atoms with van der Waals surface area (Å²) in [7, 11) is 0. The van der Waals surface area contributed by atoms with Crippen LogP contribution in [0.1, 0.15) is 31.9 Å². The minimum Gasteiger partial charge on any atom is -0.307 e. The number of thioether (sulfide) groups is 1. The molecule has 2 nitrogen and oxygen atoms in total. The van der Waals surface area contributed by atoms with Gasteiger partial charge in [-0.15, -0.1) is 0 Å². The van der Waals surface area contributed by atoms with Gasteiger partial charge in [-0.1, -0.05) is 62.1 Å². The third-order valence-corrected chi connectivity index (χ3v) is 4.32.